The van der Waals surface area contributed by atoms with Crippen LogP contribution < -0.4 is 0 Å². The summed E-state index contributed by atoms with van der Waals surface area (Å²) in [5.74, 6) is 3.57. The summed E-state index contributed by atoms with van der Waals surface area (Å²) in [4.78, 5) is 11.0. The van der Waals surface area contributed by atoms with Gasteiger partial charge in [-0.2, -0.15) is 0 Å². The third kappa shape index (κ3) is 7.26. The Labute approximate surface area is 205 Å². The largest absolute Gasteiger partial charge is 0.418 e. The van der Waals surface area contributed by atoms with Crippen LogP contribution in [0.15, 0.2) is 9.98 Å². The van der Waals surface area contributed by atoms with Gasteiger partial charge < -0.3 is 4.43 Å². The van der Waals surface area contributed by atoms with E-state index < -0.39 is 8.32 Å². The van der Waals surface area contributed by atoms with E-state index in [9.17, 15) is 0 Å². The van der Waals surface area contributed by atoms with Crippen LogP contribution in [0.5, 0.6) is 0 Å². The van der Waals surface area contributed by atoms with Gasteiger partial charge >= 0.3 is 0 Å². The monoisotopic (exact) mass is 472 g/mol. The molecular formula is C29H52N2OSi. The minimum Gasteiger partial charge on any atom is -0.418 e. The lowest BCUT2D eigenvalue weighted by atomic mass is 9.68. The summed E-state index contributed by atoms with van der Waals surface area (Å²) in [6, 6.07) is 1.11. The molecule has 0 bridgehead atoms. The Morgan fingerprint density at radius 2 is 1.21 bits per heavy atom. The van der Waals surface area contributed by atoms with E-state index in [0.717, 1.165) is 43.1 Å². The normalized spacial score (nSPS) is 36.2. The molecule has 0 N–H and O–H groups in total. The van der Waals surface area contributed by atoms with Gasteiger partial charge in [0.25, 0.3) is 0 Å². The number of aliphatic imine (C=N–C) groups is 2. The first-order chi connectivity index (χ1) is 15.9. The summed E-state index contributed by atoms with van der Waals surface area (Å²) in [5, 5.41) is 0. The molecule has 0 aromatic heterocycles. The molecule has 4 fully saturated rings. The quantitative estimate of drug-likeness (QED) is 0.199. The number of fused-ring (bicyclic) bond motifs is 2. The summed E-state index contributed by atoms with van der Waals surface area (Å²) < 4.78 is 6.20. The van der Waals surface area contributed by atoms with Crippen LogP contribution in [0.1, 0.15) is 110 Å². The van der Waals surface area contributed by atoms with Crippen molar-refractivity contribution in [3.05, 3.63) is 0 Å². The predicted molar refractivity (Wildman–Crippen MR) is 145 cm³/mol. The van der Waals surface area contributed by atoms with Gasteiger partial charge in [-0.15, -0.1) is 0 Å². The summed E-state index contributed by atoms with van der Waals surface area (Å²) >= 11 is 0. The second-order valence-electron chi connectivity index (χ2n) is 12.8. The highest BCUT2D eigenvalue weighted by atomic mass is 28.4. The fraction of sp³-hybridized carbons (Fsp3) is 0.931. The van der Waals surface area contributed by atoms with Crippen LogP contribution in [0.4, 0.5) is 0 Å². The van der Waals surface area contributed by atoms with E-state index in [1.54, 1.807) is 0 Å². The van der Waals surface area contributed by atoms with E-state index in [4.69, 9.17) is 14.4 Å². The molecule has 33 heavy (non-hydrogen) atoms. The molecule has 6 unspecified atom stereocenters. The lowest BCUT2D eigenvalue weighted by Crippen LogP contribution is -2.36. The zero-order chi connectivity index (χ0) is 23.3. The second kappa shape index (κ2) is 12.0. The summed E-state index contributed by atoms with van der Waals surface area (Å²) in [5.41, 5.74) is 2.61. The molecule has 0 aromatic carbocycles. The van der Waals surface area contributed by atoms with E-state index in [1.165, 1.54) is 101 Å². The first-order valence-corrected chi connectivity index (χ1v) is 18.1. The van der Waals surface area contributed by atoms with Crippen LogP contribution in [0.2, 0.25) is 19.6 Å². The molecular weight excluding hydrogens is 420 g/mol. The van der Waals surface area contributed by atoms with Gasteiger partial charge in [0.2, 0.25) is 0 Å². The lowest BCUT2D eigenvalue weighted by Gasteiger charge is -2.40. The molecule has 188 valence electrons. The number of rotatable bonds is 8. The van der Waals surface area contributed by atoms with E-state index in [1.807, 2.05) is 0 Å². The van der Waals surface area contributed by atoms with Crippen molar-refractivity contribution in [1.29, 1.82) is 0 Å². The molecule has 6 atom stereocenters. The van der Waals surface area contributed by atoms with E-state index in [2.05, 4.69) is 26.6 Å². The zero-order valence-electron chi connectivity index (χ0n) is 22.3. The average Bonchev–Trinajstić information content (AvgIpc) is 2.80. The van der Waals surface area contributed by atoms with Gasteiger partial charge in [-0.05, 0) is 88.8 Å². The highest BCUT2D eigenvalue weighted by Crippen LogP contribution is 2.43. The van der Waals surface area contributed by atoms with Crippen molar-refractivity contribution < 1.29 is 4.43 Å². The van der Waals surface area contributed by atoms with Gasteiger partial charge in [0, 0.05) is 6.61 Å². The molecule has 0 saturated heterocycles. The second-order valence-corrected chi connectivity index (χ2v) is 17.3. The van der Waals surface area contributed by atoms with Gasteiger partial charge in [0.05, 0.1) is 23.5 Å². The number of hydrogen-bond donors (Lipinski definition) is 0. The zero-order valence-corrected chi connectivity index (χ0v) is 23.3. The van der Waals surface area contributed by atoms with Gasteiger partial charge in [0.1, 0.15) is 0 Å². The maximum absolute atomic E-state index is 6.20. The van der Waals surface area contributed by atoms with Crippen molar-refractivity contribution in [2.24, 2.45) is 33.7 Å². The summed E-state index contributed by atoms with van der Waals surface area (Å²) in [7, 11) is -1.45. The van der Waals surface area contributed by atoms with Gasteiger partial charge in [-0.3, -0.25) is 9.98 Å². The van der Waals surface area contributed by atoms with Crippen LogP contribution in [0, 0.1) is 23.7 Å². The molecule has 4 heteroatoms. The first-order valence-electron chi connectivity index (χ1n) is 14.7. The Morgan fingerprint density at radius 3 is 1.79 bits per heavy atom. The Kier molecular flexibility index (Phi) is 9.29. The topological polar surface area (TPSA) is 34.0 Å². The molecule has 0 spiro atoms. The van der Waals surface area contributed by atoms with Gasteiger partial charge in [-0.1, -0.05) is 64.2 Å². The van der Waals surface area contributed by atoms with E-state index in [0.29, 0.717) is 12.1 Å². The molecule has 4 aliphatic carbocycles. The summed E-state index contributed by atoms with van der Waals surface area (Å²) in [6.45, 7) is 10.1. The highest BCUT2D eigenvalue weighted by Gasteiger charge is 2.36. The Bertz CT molecular complexity index is 678. The van der Waals surface area contributed by atoms with Crippen molar-refractivity contribution in [3.63, 3.8) is 0 Å². The Hall–Kier alpha value is -0.483. The summed E-state index contributed by atoms with van der Waals surface area (Å²) in [6.07, 6.45) is 21.9. The lowest BCUT2D eigenvalue weighted by molar-refractivity contribution is 0.147. The maximum atomic E-state index is 6.20. The minimum atomic E-state index is -1.45. The molecule has 0 radical (unpaired) electrons. The van der Waals surface area contributed by atoms with E-state index >= 15 is 0 Å². The van der Waals surface area contributed by atoms with Crippen LogP contribution in [-0.2, 0) is 4.43 Å². The third-order valence-corrected chi connectivity index (χ3v) is 10.3. The molecule has 4 aliphatic rings. The SMILES string of the molecule is CC(=NC1CCCC2CCCCC21)C(CCCO[Si](C)(C)C)=NC1CCCC2CCCCC21. The standard InChI is InChI=1S/C29H52N2OSi/c1-22(30-28-18-9-14-23-12-5-7-16-25(23)28)27(20-11-21-32-33(2,3)4)31-29-19-10-15-24-13-6-8-17-26(24)29/h23-26,28-29H,5-21H2,1-4H3. The number of nitrogens with zero attached hydrogens (tertiary/aromatic N) is 2. The first kappa shape index (κ1) is 25.6. The fourth-order valence-electron chi connectivity index (χ4n) is 7.61. The molecule has 0 heterocycles. The van der Waals surface area contributed by atoms with Crippen molar-refractivity contribution >= 4 is 19.7 Å². The molecule has 3 nitrogen and oxygen atoms in total. The molecule has 0 aromatic rings. The minimum absolute atomic E-state index is 0.552. The van der Waals surface area contributed by atoms with Crippen molar-refractivity contribution in [2.45, 2.75) is 141 Å². The van der Waals surface area contributed by atoms with Crippen molar-refractivity contribution in [2.75, 3.05) is 6.61 Å². The smallest absolute Gasteiger partial charge is 0.183 e. The molecule has 0 aliphatic heterocycles. The fourth-order valence-corrected chi connectivity index (χ4v) is 8.37. The van der Waals surface area contributed by atoms with E-state index in [-0.39, 0.29) is 0 Å². The maximum Gasteiger partial charge on any atom is 0.183 e. The Balaban J connectivity index is 1.49. The predicted octanol–water partition coefficient (Wildman–Crippen LogP) is 8.24. The Morgan fingerprint density at radius 1 is 0.697 bits per heavy atom. The van der Waals surface area contributed by atoms with Crippen molar-refractivity contribution in [3.8, 4) is 0 Å². The molecule has 0 amide bonds. The van der Waals surface area contributed by atoms with Crippen LogP contribution >= 0.6 is 0 Å². The van der Waals surface area contributed by atoms with Crippen LogP contribution in [0.25, 0.3) is 0 Å². The highest BCUT2D eigenvalue weighted by molar-refractivity contribution is 6.69. The third-order valence-electron chi connectivity index (χ3n) is 9.27. The van der Waals surface area contributed by atoms with Crippen molar-refractivity contribution in [1.82, 2.24) is 0 Å². The van der Waals surface area contributed by atoms with Crippen LogP contribution in [-0.4, -0.2) is 38.4 Å². The average molecular weight is 473 g/mol. The van der Waals surface area contributed by atoms with Gasteiger partial charge in [-0.25, -0.2) is 0 Å². The van der Waals surface area contributed by atoms with Crippen LogP contribution in [0.3, 0.4) is 0 Å². The molecule has 4 rings (SSSR count). The number of hydrogen-bond acceptors (Lipinski definition) is 3. The molecule has 4 saturated carbocycles. The van der Waals surface area contributed by atoms with Gasteiger partial charge in [0.15, 0.2) is 8.32 Å².